The number of benzene rings is 1. The number of hydrogen-bond donors (Lipinski definition) is 2. The Balaban J connectivity index is 1.63. The minimum absolute atomic E-state index is 0.120. The van der Waals surface area contributed by atoms with Crippen molar-refractivity contribution in [1.82, 2.24) is 24.9 Å². The van der Waals surface area contributed by atoms with Crippen LogP contribution in [0, 0.1) is 3.70 Å². The Hall–Kier alpha value is -3.23. The van der Waals surface area contributed by atoms with E-state index in [0.29, 0.717) is 30.0 Å². The van der Waals surface area contributed by atoms with Crippen LogP contribution >= 0.6 is 45.5 Å². The van der Waals surface area contributed by atoms with Gasteiger partial charge in [-0.15, -0.1) is 16.4 Å². The third-order valence-electron chi connectivity index (χ3n) is 4.52. The molecule has 4 aromatic rings. The van der Waals surface area contributed by atoms with E-state index in [1.54, 1.807) is 48.7 Å². The molecule has 0 aliphatic rings. The number of carboxylic acid groups (broad SMARTS) is 1. The molecule has 1 aromatic carbocycles. The molecule has 2 N–H and O–H groups in total. The fourth-order valence-electron chi connectivity index (χ4n) is 2.97. The first-order valence-corrected chi connectivity index (χ1v) is 11.9. The summed E-state index contributed by atoms with van der Waals surface area (Å²) in [5.74, 6) is -1.24. The van der Waals surface area contributed by atoms with Crippen LogP contribution in [-0.2, 0) is 11.3 Å². The van der Waals surface area contributed by atoms with E-state index in [2.05, 4.69) is 15.6 Å². The van der Waals surface area contributed by atoms with Crippen molar-refractivity contribution in [2.45, 2.75) is 6.54 Å². The monoisotopic (exact) mass is 611 g/mol. The minimum atomic E-state index is -1.15. The molecule has 3 heterocycles. The average molecular weight is 612 g/mol. The molecule has 174 valence electrons. The molecular formula is C21H15ClIN5O5S. The molecule has 0 radical (unpaired) electrons. The van der Waals surface area contributed by atoms with E-state index in [-0.39, 0.29) is 23.8 Å². The average Bonchev–Trinajstić information content (AvgIpc) is 3.41. The molecule has 1 amide bonds. The first-order valence-electron chi connectivity index (χ1n) is 9.64. The number of nitrogens with zero attached hydrogens (tertiary/aromatic N) is 4. The lowest BCUT2D eigenvalue weighted by atomic mass is 10.2. The molecule has 0 fully saturated rings. The third kappa shape index (κ3) is 5.29. The van der Waals surface area contributed by atoms with Gasteiger partial charge in [-0.3, -0.25) is 14.2 Å². The second-order valence-corrected chi connectivity index (χ2v) is 9.51. The van der Waals surface area contributed by atoms with Crippen molar-refractivity contribution >= 4 is 57.4 Å². The summed E-state index contributed by atoms with van der Waals surface area (Å²) in [6, 6.07) is 12.9. The van der Waals surface area contributed by atoms with E-state index in [1.807, 2.05) is 22.6 Å². The normalized spacial score (nSPS) is 10.8. The molecule has 0 bridgehead atoms. The van der Waals surface area contributed by atoms with Gasteiger partial charge in [-0.05, 0) is 52.9 Å². The molecule has 0 spiro atoms. The number of carbonyl (C=O) groups excluding carboxylic acids is 1. The zero-order chi connectivity index (χ0) is 24.2. The van der Waals surface area contributed by atoms with E-state index in [4.69, 9.17) is 21.4 Å². The number of thiophene rings is 1. The lowest BCUT2D eigenvalue weighted by Crippen LogP contribution is -2.22. The van der Waals surface area contributed by atoms with Crippen LogP contribution in [0.5, 0.6) is 5.75 Å². The van der Waals surface area contributed by atoms with E-state index in [9.17, 15) is 14.4 Å². The standard InChI is InChI=1S/C21H15ClIN5O5S/c22-17-7-6-16(34-17)21(32)24-10-13-20(23)28(26-25-13)14-5-4-12(9-15(14)33-11-19(30)31)27-8-2-1-3-18(27)29/h1-9H,10-11H2,(H,24,32)(H,30,31). The largest absolute Gasteiger partial charge is 0.480 e. The number of carbonyl (C=O) groups is 2. The number of amides is 1. The van der Waals surface area contributed by atoms with Gasteiger partial charge in [-0.2, -0.15) is 0 Å². The highest BCUT2D eigenvalue weighted by molar-refractivity contribution is 14.1. The second-order valence-electron chi connectivity index (χ2n) is 6.77. The molecule has 0 aliphatic heterocycles. The summed E-state index contributed by atoms with van der Waals surface area (Å²) in [6.07, 6.45) is 1.60. The Labute approximate surface area is 214 Å². The van der Waals surface area contributed by atoms with Crippen LogP contribution in [0.1, 0.15) is 15.4 Å². The summed E-state index contributed by atoms with van der Waals surface area (Å²) < 4.78 is 9.47. The van der Waals surface area contributed by atoms with Gasteiger partial charge in [0, 0.05) is 18.3 Å². The summed E-state index contributed by atoms with van der Waals surface area (Å²) in [7, 11) is 0. The van der Waals surface area contributed by atoms with E-state index in [0.717, 1.165) is 0 Å². The van der Waals surface area contributed by atoms with Crippen LogP contribution in [0.15, 0.2) is 59.5 Å². The molecule has 0 unspecified atom stereocenters. The molecule has 0 saturated carbocycles. The summed E-state index contributed by atoms with van der Waals surface area (Å²) in [5.41, 5.74) is 1.17. The number of hydrogen-bond acceptors (Lipinski definition) is 7. The molecule has 0 atom stereocenters. The van der Waals surface area contributed by atoms with E-state index < -0.39 is 12.6 Å². The van der Waals surface area contributed by atoms with Crippen molar-refractivity contribution in [3.63, 3.8) is 0 Å². The lowest BCUT2D eigenvalue weighted by Gasteiger charge is -2.13. The highest BCUT2D eigenvalue weighted by Gasteiger charge is 2.18. The number of carboxylic acids is 1. The maximum absolute atomic E-state index is 12.3. The molecule has 0 saturated heterocycles. The fourth-order valence-corrected chi connectivity index (χ4v) is 4.59. The molecule has 13 heteroatoms. The van der Waals surface area contributed by atoms with Crippen LogP contribution in [-0.4, -0.2) is 43.2 Å². The molecule has 4 rings (SSSR count). The van der Waals surface area contributed by atoms with Gasteiger partial charge in [0.05, 0.1) is 21.4 Å². The quantitative estimate of drug-likeness (QED) is 0.293. The number of aromatic nitrogens is 4. The smallest absolute Gasteiger partial charge is 0.341 e. The van der Waals surface area contributed by atoms with Crippen molar-refractivity contribution < 1.29 is 19.4 Å². The summed E-state index contributed by atoms with van der Waals surface area (Å²) in [5, 5.41) is 20.1. The van der Waals surface area contributed by atoms with Crippen LogP contribution in [0.3, 0.4) is 0 Å². The van der Waals surface area contributed by atoms with Gasteiger partial charge in [0.2, 0.25) is 0 Å². The number of ether oxygens (including phenoxy) is 1. The van der Waals surface area contributed by atoms with Gasteiger partial charge in [0.1, 0.15) is 20.8 Å². The predicted octanol–water partition coefficient (Wildman–Crippen LogP) is 3.13. The first kappa shape index (κ1) is 23.9. The molecule has 3 aromatic heterocycles. The third-order valence-corrected chi connectivity index (χ3v) is 6.83. The molecular weight excluding hydrogens is 597 g/mol. The zero-order valence-corrected chi connectivity index (χ0v) is 20.9. The van der Waals surface area contributed by atoms with Crippen molar-refractivity contribution in [2.24, 2.45) is 0 Å². The van der Waals surface area contributed by atoms with E-state index >= 15 is 0 Å². The lowest BCUT2D eigenvalue weighted by molar-refractivity contribution is -0.139. The number of aliphatic carboxylic acids is 1. The number of pyridine rings is 1. The number of nitrogens with one attached hydrogen (secondary N) is 1. The van der Waals surface area contributed by atoms with Crippen molar-refractivity contribution in [2.75, 3.05) is 6.61 Å². The first-order chi connectivity index (χ1) is 16.3. The second kappa shape index (κ2) is 10.4. The van der Waals surface area contributed by atoms with Crippen LogP contribution in [0.2, 0.25) is 4.34 Å². The van der Waals surface area contributed by atoms with Gasteiger partial charge in [0.15, 0.2) is 6.61 Å². The fraction of sp³-hybridized carbons (Fsp3) is 0.0952. The van der Waals surface area contributed by atoms with Crippen molar-refractivity contribution in [3.8, 4) is 17.1 Å². The SMILES string of the molecule is O=C(O)COc1cc(-n2ccccc2=O)ccc1-n1nnc(CNC(=O)c2ccc(Cl)s2)c1I. The minimum Gasteiger partial charge on any atom is -0.480 e. The number of halogens is 2. The summed E-state index contributed by atoms with van der Waals surface area (Å²) in [4.78, 5) is 36.1. The Bertz CT molecular complexity index is 1430. The van der Waals surface area contributed by atoms with E-state index in [1.165, 1.54) is 26.7 Å². The van der Waals surface area contributed by atoms with Crippen LogP contribution < -0.4 is 15.6 Å². The maximum atomic E-state index is 12.3. The van der Waals surface area contributed by atoms with Gasteiger partial charge in [-0.1, -0.05) is 22.9 Å². The molecule has 0 aliphatic carbocycles. The highest BCUT2D eigenvalue weighted by atomic mass is 127. The van der Waals surface area contributed by atoms with Crippen molar-refractivity contribution in [1.29, 1.82) is 0 Å². The topological polar surface area (TPSA) is 128 Å². The predicted molar refractivity (Wildman–Crippen MR) is 133 cm³/mol. The Morgan fingerprint density at radius 3 is 2.74 bits per heavy atom. The van der Waals surface area contributed by atoms with Crippen LogP contribution in [0.4, 0.5) is 0 Å². The van der Waals surface area contributed by atoms with Gasteiger partial charge in [-0.25, -0.2) is 9.48 Å². The molecule has 10 nitrogen and oxygen atoms in total. The molecule has 34 heavy (non-hydrogen) atoms. The Kier molecular flexibility index (Phi) is 7.29. The van der Waals surface area contributed by atoms with Crippen LogP contribution in [0.25, 0.3) is 11.4 Å². The summed E-state index contributed by atoms with van der Waals surface area (Å²) >= 11 is 9.08. The maximum Gasteiger partial charge on any atom is 0.341 e. The Morgan fingerprint density at radius 2 is 2.03 bits per heavy atom. The van der Waals surface area contributed by atoms with Crippen molar-refractivity contribution in [3.05, 3.63) is 83.7 Å². The van der Waals surface area contributed by atoms with Gasteiger partial charge < -0.3 is 15.2 Å². The van der Waals surface area contributed by atoms with Gasteiger partial charge in [0.25, 0.3) is 11.5 Å². The van der Waals surface area contributed by atoms with Gasteiger partial charge >= 0.3 is 5.97 Å². The zero-order valence-electron chi connectivity index (χ0n) is 17.1. The number of rotatable bonds is 8. The highest BCUT2D eigenvalue weighted by Crippen LogP contribution is 2.28. The summed E-state index contributed by atoms with van der Waals surface area (Å²) in [6.45, 7) is -0.465. The Morgan fingerprint density at radius 1 is 1.21 bits per heavy atom.